The summed E-state index contributed by atoms with van der Waals surface area (Å²) in [5.41, 5.74) is 2.49. The van der Waals surface area contributed by atoms with Crippen LogP contribution in [0.15, 0.2) is 29.3 Å². The van der Waals surface area contributed by atoms with E-state index in [0.29, 0.717) is 13.0 Å². The zero-order chi connectivity index (χ0) is 15.8. The van der Waals surface area contributed by atoms with E-state index >= 15 is 0 Å². The summed E-state index contributed by atoms with van der Waals surface area (Å²) in [4.78, 5) is 19.4. The van der Waals surface area contributed by atoms with Gasteiger partial charge in [0.05, 0.1) is 0 Å². The fourth-order valence-corrected chi connectivity index (χ4v) is 1.93. The molecule has 1 rings (SSSR count). The molecule has 1 N–H and O–H groups in total. The molecule has 0 saturated heterocycles. The third-order valence-electron chi connectivity index (χ3n) is 3.23. The number of amides is 1. The van der Waals surface area contributed by atoms with Crippen LogP contribution >= 0.6 is 0 Å². The highest BCUT2D eigenvalue weighted by Crippen LogP contribution is 2.06. The van der Waals surface area contributed by atoms with Gasteiger partial charge >= 0.3 is 0 Å². The van der Waals surface area contributed by atoms with E-state index in [0.717, 1.165) is 12.5 Å². The molecular weight excluding hydrogens is 264 g/mol. The molecule has 21 heavy (non-hydrogen) atoms. The molecule has 1 aromatic rings. The minimum absolute atomic E-state index is 0.110. The minimum atomic E-state index is 0.110. The second-order valence-electron chi connectivity index (χ2n) is 5.35. The SMILES string of the molecule is CN=C(NCCC(=O)N(C)C)N(C)Cc1ccc(C)cc1. The zero-order valence-corrected chi connectivity index (χ0v) is 13.7. The number of guanidine groups is 1. The molecule has 116 valence electrons. The Morgan fingerprint density at radius 2 is 1.81 bits per heavy atom. The van der Waals surface area contributed by atoms with Gasteiger partial charge in [0.2, 0.25) is 5.91 Å². The molecule has 0 aromatic heterocycles. The summed E-state index contributed by atoms with van der Waals surface area (Å²) < 4.78 is 0. The van der Waals surface area contributed by atoms with Crippen molar-refractivity contribution >= 4 is 11.9 Å². The van der Waals surface area contributed by atoms with E-state index in [-0.39, 0.29) is 5.91 Å². The summed E-state index contributed by atoms with van der Waals surface area (Å²) in [6.07, 6.45) is 0.463. The summed E-state index contributed by atoms with van der Waals surface area (Å²) in [7, 11) is 7.27. The summed E-state index contributed by atoms with van der Waals surface area (Å²) >= 11 is 0. The van der Waals surface area contributed by atoms with Gasteiger partial charge in [0.15, 0.2) is 5.96 Å². The Kier molecular flexibility index (Phi) is 6.72. The molecule has 0 radical (unpaired) electrons. The van der Waals surface area contributed by atoms with Gasteiger partial charge in [-0.3, -0.25) is 9.79 Å². The van der Waals surface area contributed by atoms with Crippen molar-refractivity contribution in [3.05, 3.63) is 35.4 Å². The van der Waals surface area contributed by atoms with Gasteiger partial charge in [-0.25, -0.2) is 0 Å². The number of nitrogens with one attached hydrogen (secondary N) is 1. The molecule has 0 aliphatic carbocycles. The number of nitrogens with zero attached hydrogens (tertiary/aromatic N) is 3. The van der Waals surface area contributed by atoms with Crippen molar-refractivity contribution in [3.8, 4) is 0 Å². The maximum Gasteiger partial charge on any atom is 0.223 e. The van der Waals surface area contributed by atoms with E-state index in [4.69, 9.17) is 0 Å². The minimum Gasteiger partial charge on any atom is -0.356 e. The number of carbonyl (C=O) groups is 1. The van der Waals surface area contributed by atoms with Crippen molar-refractivity contribution in [1.29, 1.82) is 0 Å². The number of aryl methyl sites for hydroxylation is 1. The van der Waals surface area contributed by atoms with Crippen LogP contribution in [0.25, 0.3) is 0 Å². The smallest absolute Gasteiger partial charge is 0.223 e. The van der Waals surface area contributed by atoms with Crippen molar-refractivity contribution in [2.24, 2.45) is 4.99 Å². The molecule has 5 nitrogen and oxygen atoms in total. The Labute approximate surface area is 127 Å². The average Bonchev–Trinajstić information content (AvgIpc) is 2.45. The van der Waals surface area contributed by atoms with Gasteiger partial charge in [0.1, 0.15) is 0 Å². The lowest BCUT2D eigenvalue weighted by Crippen LogP contribution is -2.40. The molecule has 0 fully saturated rings. The first-order valence-electron chi connectivity index (χ1n) is 7.11. The monoisotopic (exact) mass is 290 g/mol. The highest BCUT2D eigenvalue weighted by atomic mass is 16.2. The van der Waals surface area contributed by atoms with E-state index in [2.05, 4.69) is 41.5 Å². The van der Waals surface area contributed by atoms with E-state index < -0.39 is 0 Å². The van der Waals surface area contributed by atoms with Crippen LogP contribution in [-0.2, 0) is 11.3 Å². The fourth-order valence-electron chi connectivity index (χ4n) is 1.93. The lowest BCUT2D eigenvalue weighted by atomic mass is 10.1. The lowest BCUT2D eigenvalue weighted by molar-refractivity contribution is -0.128. The molecule has 0 bridgehead atoms. The molecular formula is C16H26N4O. The van der Waals surface area contributed by atoms with Gasteiger partial charge in [-0.2, -0.15) is 0 Å². The molecule has 1 aromatic carbocycles. The summed E-state index contributed by atoms with van der Waals surface area (Å²) in [5.74, 6) is 0.904. The Bertz CT molecular complexity index is 480. The third kappa shape index (κ3) is 5.85. The first-order chi connectivity index (χ1) is 9.93. The number of aliphatic imine (C=N–C) groups is 1. The third-order valence-corrected chi connectivity index (χ3v) is 3.23. The topological polar surface area (TPSA) is 47.9 Å². The van der Waals surface area contributed by atoms with Crippen LogP contribution in [-0.4, -0.2) is 56.4 Å². The van der Waals surface area contributed by atoms with E-state index in [9.17, 15) is 4.79 Å². The van der Waals surface area contributed by atoms with Crippen LogP contribution in [0, 0.1) is 6.92 Å². The molecule has 0 atom stereocenters. The van der Waals surface area contributed by atoms with Crippen LogP contribution in [0.4, 0.5) is 0 Å². The number of benzene rings is 1. The molecule has 0 saturated carbocycles. The Morgan fingerprint density at radius 3 is 2.33 bits per heavy atom. The molecule has 0 aliphatic rings. The summed E-state index contributed by atoms with van der Waals surface area (Å²) in [5, 5.41) is 3.22. The Balaban J connectivity index is 2.48. The highest BCUT2D eigenvalue weighted by Gasteiger charge is 2.08. The zero-order valence-electron chi connectivity index (χ0n) is 13.7. The lowest BCUT2D eigenvalue weighted by Gasteiger charge is -2.22. The van der Waals surface area contributed by atoms with Gasteiger partial charge in [-0.1, -0.05) is 29.8 Å². The molecule has 0 spiro atoms. The van der Waals surface area contributed by atoms with Crippen molar-refractivity contribution in [2.75, 3.05) is 34.7 Å². The van der Waals surface area contributed by atoms with Crippen molar-refractivity contribution in [1.82, 2.24) is 15.1 Å². The highest BCUT2D eigenvalue weighted by molar-refractivity contribution is 5.81. The first kappa shape index (κ1) is 17.0. The quantitative estimate of drug-likeness (QED) is 0.660. The number of hydrogen-bond acceptors (Lipinski definition) is 2. The van der Waals surface area contributed by atoms with Gasteiger partial charge in [-0.15, -0.1) is 0 Å². The van der Waals surface area contributed by atoms with Gasteiger partial charge < -0.3 is 15.1 Å². The summed E-state index contributed by atoms with van der Waals surface area (Å²) in [6, 6.07) is 8.45. The maximum absolute atomic E-state index is 11.5. The predicted octanol–water partition coefficient (Wildman–Crippen LogP) is 1.48. The fraction of sp³-hybridized carbons (Fsp3) is 0.500. The first-order valence-corrected chi connectivity index (χ1v) is 7.11. The second kappa shape index (κ2) is 8.29. The van der Waals surface area contributed by atoms with Crippen LogP contribution in [0.3, 0.4) is 0 Å². The van der Waals surface area contributed by atoms with E-state index in [1.54, 1.807) is 26.0 Å². The van der Waals surface area contributed by atoms with Crippen LogP contribution < -0.4 is 5.32 Å². The molecule has 0 aliphatic heterocycles. The van der Waals surface area contributed by atoms with E-state index in [1.165, 1.54) is 11.1 Å². The molecule has 5 heteroatoms. The van der Waals surface area contributed by atoms with Gasteiger partial charge in [0.25, 0.3) is 0 Å². The second-order valence-corrected chi connectivity index (χ2v) is 5.35. The van der Waals surface area contributed by atoms with Crippen molar-refractivity contribution in [2.45, 2.75) is 19.9 Å². The van der Waals surface area contributed by atoms with Crippen LogP contribution in [0.1, 0.15) is 17.5 Å². The molecule has 1 amide bonds. The predicted molar refractivity (Wildman–Crippen MR) is 87.3 cm³/mol. The number of carbonyl (C=O) groups excluding carboxylic acids is 1. The average molecular weight is 290 g/mol. The van der Waals surface area contributed by atoms with Crippen LogP contribution in [0.2, 0.25) is 0 Å². The standard InChI is InChI=1S/C16H26N4O/c1-13-6-8-14(9-7-13)12-20(5)16(17-2)18-11-10-15(21)19(3)4/h6-9H,10-12H2,1-5H3,(H,17,18). The number of hydrogen-bond donors (Lipinski definition) is 1. The normalized spacial score (nSPS) is 11.2. The van der Waals surface area contributed by atoms with E-state index in [1.807, 2.05) is 11.9 Å². The number of rotatable bonds is 5. The van der Waals surface area contributed by atoms with Crippen molar-refractivity contribution in [3.63, 3.8) is 0 Å². The van der Waals surface area contributed by atoms with Gasteiger partial charge in [0, 0.05) is 47.7 Å². The Morgan fingerprint density at radius 1 is 1.19 bits per heavy atom. The van der Waals surface area contributed by atoms with Gasteiger partial charge in [-0.05, 0) is 12.5 Å². The summed E-state index contributed by atoms with van der Waals surface area (Å²) in [6.45, 7) is 3.44. The largest absolute Gasteiger partial charge is 0.356 e. The Hall–Kier alpha value is -2.04. The van der Waals surface area contributed by atoms with Crippen molar-refractivity contribution < 1.29 is 4.79 Å². The van der Waals surface area contributed by atoms with Crippen LogP contribution in [0.5, 0.6) is 0 Å². The molecule has 0 heterocycles. The maximum atomic E-state index is 11.5. The molecule has 0 unspecified atom stereocenters.